The molecule has 2 aromatic rings. The van der Waals surface area contributed by atoms with E-state index in [2.05, 4.69) is 56.6 Å². The van der Waals surface area contributed by atoms with Gasteiger partial charge in [-0.15, -0.1) is 11.8 Å². The van der Waals surface area contributed by atoms with Crippen molar-refractivity contribution in [1.82, 2.24) is 4.98 Å². The van der Waals surface area contributed by atoms with Gasteiger partial charge in [-0.25, -0.2) is 4.98 Å². The van der Waals surface area contributed by atoms with Gasteiger partial charge in [0.2, 0.25) is 0 Å². The number of halogens is 1. The first-order valence-electron chi connectivity index (χ1n) is 5.79. The van der Waals surface area contributed by atoms with E-state index in [9.17, 15) is 0 Å². The highest BCUT2D eigenvalue weighted by Gasteiger charge is 2.00. The Bertz CT molecular complexity index is 502. The highest BCUT2D eigenvalue weighted by atomic mass is 79.9. The summed E-state index contributed by atoms with van der Waals surface area (Å²) >= 11 is 5.36. The monoisotopic (exact) mass is 322 g/mol. The molecule has 1 N–H and O–H groups in total. The van der Waals surface area contributed by atoms with E-state index in [-0.39, 0.29) is 0 Å². The Kier molecular flexibility index (Phi) is 5.08. The number of nitrogens with one attached hydrogen (secondary N) is 1. The summed E-state index contributed by atoms with van der Waals surface area (Å²) in [6.45, 7) is 2.93. The molecule has 0 spiro atoms. The molecule has 4 heteroatoms. The lowest BCUT2D eigenvalue weighted by Gasteiger charge is -2.07. The third-order valence-electron chi connectivity index (χ3n) is 2.38. The molecule has 0 aliphatic rings. The van der Waals surface area contributed by atoms with Crippen LogP contribution in [0.5, 0.6) is 0 Å². The Morgan fingerprint density at radius 3 is 2.78 bits per heavy atom. The van der Waals surface area contributed by atoms with Crippen LogP contribution in [0.2, 0.25) is 0 Å². The van der Waals surface area contributed by atoms with E-state index in [0.29, 0.717) is 0 Å². The van der Waals surface area contributed by atoms with E-state index in [1.807, 2.05) is 30.9 Å². The van der Waals surface area contributed by atoms with Crippen LogP contribution in [0, 0.1) is 6.92 Å². The number of rotatable bonds is 5. The average molecular weight is 323 g/mol. The molecule has 0 bridgehead atoms. The predicted octanol–water partition coefficient (Wildman–Crippen LogP) is 4.36. The van der Waals surface area contributed by atoms with Gasteiger partial charge >= 0.3 is 0 Å². The summed E-state index contributed by atoms with van der Waals surface area (Å²) in [6.07, 6.45) is 1.87. The molecule has 2 rings (SSSR count). The molecule has 0 amide bonds. The average Bonchev–Trinajstić information content (AvgIpc) is 2.38. The molecule has 0 unspecified atom stereocenters. The number of nitrogens with zero attached hydrogens (tertiary/aromatic N) is 1. The van der Waals surface area contributed by atoms with Crippen molar-refractivity contribution in [2.24, 2.45) is 0 Å². The Labute approximate surface area is 120 Å². The Balaban J connectivity index is 1.79. The van der Waals surface area contributed by atoms with Crippen LogP contribution in [-0.2, 0) is 0 Å². The van der Waals surface area contributed by atoms with Crippen molar-refractivity contribution in [3.63, 3.8) is 0 Å². The third-order valence-corrected chi connectivity index (χ3v) is 4.00. The number of hydrogen-bond acceptors (Lipinski definition) is 3. The lowest BCUT2D eigenvalue weighted by molar-refractivity contribution is 1.15. The fraction of sp³-hybridized carbons (Fsp3) is 0.214. The van der Waals surface area contributed by atoms with Crippen molar-refractivity contribution in [1.29, 1.82) is 0 Å². The van der Waals surface area contributed by atoms with Gasteiger partial charge in [0.05, 0.1) is 4.47 Å². The summed E-state index contributed by atoms with van der Waals surface area (Å²) in [5.41, 5.74) is 1.16. The lowest BCUT2D eigenvalue weighted by atomic mass is 10.3. The van der Waals surface area contributed by atoms with Crippen molar-refractivity contribution in [3.05, 3.63) is 52.6 Å². The van der Waals surface area contributed by atoms with E-state index >= 15 is 0 Å². The topological polar surface area (TPSA) is 24.9 Å². The second-order valence-electron chi connectivity index (χ2n) is 3.93. The Morgan fingerprint density at radius 2 is 2.06 bits per heavy atom. The number of aromatic nitrogens is 1. The van der Waals surface area contributed by atoms with Gasteiger partial charge < -0.3 is 5.32 Å². The van der Waals surface area contributed by atoms with Crippen LogP contribution in [0.4, 0.5) is 5.82 Å². The molecule has 18 heavy (non-hydrogen) atoms. The van der Waals surface area contributed by atoms with Gasteiger partial charge in [-0.1, -0.05) is 18.2 Å². The first-order valence-corrected chi connectivity index (χ1v) is 7.57. The number of hydrogen-bond donors (Lipinski definition) is 1. The van der Waals surface area contributed by atoms with Gasteiger partial charge in [-0.2, -0.15) is 0 Å². The minimum Gasteiger partial charge on any atom is -0.368 e. The summed E-state index contributed by atoms with van der Waals surface area (Å²) in [5.74, 6) is 1.93. The summed E-state index contributed by atoms with van der Waals surface area (Å²) in [4.78, 5) is 5.66. The van der Waals surface area contributed by atoms with Crippen LogP contribution in [-0.4, -0.2) is 17.3 Å². The van der Waals surface area contributed by atoms with Crippen LogP contribution in [0.15, 0.2) is 52.0 Å². The van der Waals surface area contributed by atoms with Crippen molar-refractivity contribution in [2.45, 2.75) is 11.8 Å². The molecular weight excluding hydrogens is 308 g/mol. The predicted molar refractivity (Wildman–Crippen MR) is 82.3 cm³/mol. The van der Waals surface area contributed by atoms with Gasteiger partial charge in [0.15, 0.2) is 0 Å². The second kappa shape index (κ2) is 6.81. The zero-order valence-corrected chi connectivity index (χ0v) is 12.6. The third kappa shape index (κ3) is 4.03. The van der Waals surface area contributed by atoms with Crippen LogP contribution in [0.3, 0.4) is 0 Å². The maximum absolute atomic E-state index is 4.36. The first-order chi connectivity index (χ1) is 8.75. The van der Waals surface area contributed by atoms with Gasteiger partial charge in [0.1, 0.15) is 5.82 Å². The summed E-state index contributed by atoms with van der Waals surface area (Å²) in [7, 11) is 0. The molecule has 0 aliphatic carbocycles. The van der Waals surface area contributed by atoms with E-state index in [0.717, 1.165) is 28.2 Å². The zero-order chi connectivity index (χ0) is 12.8. The van der Waals surface area contributed by atoms with Gasteiger partial charge in [0, 0.05) is 23.4 Å². The molecule has 0 aliphatic heterocycles. The van der Waals surface area contributed by atoms with Crippen molar-refractivity contribution in [2.75, 3.05) is 17.6 Å². The highest BCUT2D eigenvalue weighted by Crippen LogP contribution is 2.21. The molecule has 1 aromatic heterocycles. The number of benzene rings is 1. The maximum atomic E-state index is 4.36. The number of pyridine rings is 1. The van der Waals surface area contributed by atoms with Crippen LogP contribution >= 0.6 is 27.7 Å². The summed E-state index contributed by atoms with van der Waals surface area (Å²) < 4.78 is 1.02. The molecular formula is C14H15BrN2S. The van der Waals surface area contributed by atoms with Crippen LogP contribution in [0.1, 0.15) is 5.56 Å². The smallest absolute Gasteiger partial charge is 0.140 e. The zero-order valence-electron chi connectivity index (χ0n) is 10.2. The normalized spacial score (nSPS) is 10.3. The standard InChI is InChI=1S/C14H15BrN2S/c1-11-9-13(15)14(17-10-11)16-7-8-18-12-5-3-2-4-6-12/h2-6,9-10H,7-8H2,1H3,(H,16,17). The molecule has 1 heterocycles. The van der Waals surface area contributed by atoms with Crippen molar-refractivity contribution < 1.29 is 0 Å². The number of aryl methyl sites for hydroxylation is 1. The summed E-state index contributed by atoms with van der Waals surface area (Å²) in [5, 5.41) is 3.33. The Morgan fingerprint density at radius 1 is 1.28 bits per heavy atom. The van der Waals surface area contributed by atoms with E-state index in [1.54, 1.807) is 0 Å². The molecule has 0 fully saturated rings. The molecule has 0 radical (unpaired) electrons. The minimum absolute atomic E-state index is 0.897. The van der Waals surface area contributed by atoms with Crippen molar-refractivity contribution in [3.8, 4) is 0 Å². The molecule has 0 saturated carbocycles. The van der Waals surface area contributed by atoms with E-state index in [4.69, 9.17) is 0 Å². The first kappa shape index (κ1) is 13.4. The van der Waals surface area contributed by atoms with Crippen LogP contribution in [0.25, 0.3) is 0 Å². The fourth-order valence-corrected chi connectivity index (χ4v) is 2.91. The number of thioether (sulfide) groups is 1. The molecule has 0 saturated heterocycles. The minimum atomic E-state index is 0.897. The SMILES string of the molecule is Cc1cnc(NCCSc2ccccc2)c(Br)c1. The van der Waals surface area contributed by atoms with Gasteiger partial charge in [0.25, 0.3) is 0 Å². The van der Waals surface area contributed by atoms with Gasteiger partial charge in [-0.05, 0) is 46.6 Å². The van der Waals surface area contributed by atoms with E-state index < -0.39 is 0 Å². The molecule has 2 nitrogen and oxygen atoms in total. The molecule has 0 atom stereocenters. The largest absolute Gasteiger partial charge is 0.368 e. The quantitative estimate of drug-likeness (QED) is 0.654. The summed E-state index contributed by atoms with van der Waals surface area (Å²) in [6, 6.07) is 12.5. The molecule has 94 valence electrons. The maximum Gasteiger partial charge on any atom is 0.140 e. The molecule has 1 aromatic carbocycles. The van der Waals surface area contributed by atoms with Gasteiger partial charge in [-0.3, -0.25) is 0 Å². The number of anilines is 1. The second-order valence-corrected chi connectivity index (χ2v) is 5.95. The van der Waals surface area contributed by atoms with Crippen molar-refractivity contribution >= 4 is 33.5 Å². The van der Waals surface area contributed by atoms with Crippen LogP contribution < -0.4 is 5.32 Å². The Hall–Kier alpha value is -1.00. The lowest BCUT2D eigenvalue weighted by Crippen LogP contribution is -2.06. The highest BCUT2D eigenvalue weighted by molar-refractivity contribution is 9.10. The van der Waals surface area contributed by atoms with E-state index in [1.165, 1.54) is 4.90 Å². The fourth-order valence-electron chi connectivity index (χ4n) is 1.52.